The van der Waals surface area contributed by atoms with Crippen molar-refractivity contribution in [2.24, 2.45) is 0 Å². The van der Waals surface area contributed by atoms with E-state index in [1.807, 2.05) is 12.1 Å². The summed E-state index contributed by atoms with van der Waals surface area (Å²) in [5.41, 5.74) is -0.877. The Morgan fingerprint density at radius 3 is 2.23 bits per heavy atom. The monoisotopic (exact) mass is 583 g/mol. The summed E-state index contributed by atoms with van der Waals surface area (Å²) in [6.45, 7) is 8.13. The van der Waals surface area contributed by atoms with Crippen molar-refractivity contribution in [3.63, 3.8) is 0 Å². The van der Waals surface area contributed by atoms with Crippen LogP contribution in [0.25, 0.3) is 16.3 Å². The van der Waals surface area contributed by atoms with Gasteiger partial charge in [0.2, 0.25) is 0 Å². The lowest BCUT2D eigenvalue weighted by Gasteiger charge is -2.38. The van der Waals surface area contributed by atoms with Crippen LogP contribution >= 0.6 is 0 Å². The van der Waals surface area contributed by atoms with Gasteiger partial charge in [0.15, 0.2) is 14.7 Å². The molecule has 2 aromatic rings. The summed E-state index contributed by atoms with van der Waals surface area (Å²) in [7, 11) is -4.55. The number of nitriles is 1. The number of piperazine rings is 1. The summed E-state index contributed by atoms with van der Waals surface area (Å²) < 4.78 is 78.6. The van der Waals surface area contributed by atoms with Gasteiger partial charge >= 0.3 is 6.18 Å². The summed E-state index contributed by atoms with van der Waals surface area (Å²) in [6, 6.07) is 11.3. The minimum Gasteiger partial charge on any atom is -0.394 e. The summed E-state index contributed by atoms with van der Waals surface area (Å²) in [4.78, 5) is 3.32. The van der Waals surface area contributed by atoms with Gasteiger partial charge in [-0.15, -0.1) is 0 Å². The van der Waals surface area contributed by atoms with Crippen molar-refractivity contribution in [2.75, 3.05) is 69.9 Å². The van der Waals surface area contributed by atoms with Crippen LogP contribution in [0.1, 0.15) is 25.8 Å². The second kappa shape index (κ2) is 14.3. The van der Waals surface area contributed by atoms with Gasteiger partial charge in [-0.25, -0.2) is 8.42 Å². The van der Waals surface area contributed by atoms with Gasteiger partial charge in [-0.3, -0.25) is 4.90 Å². The van der Waals surface area contributed by atoms with E-state index in [9.17, 15) is 26.9 Å². The van der Waals surface area contributed by atoms with Crippen molar-refractivity contribution in [1.29, 1.82) is 5.26 Å². The van der Waals surface area contributed by atoms with Crippen LogP contribution in [0.15, 0.2) is 41.3 Å². The van der Waals surface area contributed by atoms with Crippen LogP contribution in [0.3, 0.4) is 0 Å². The first-order chi connectivity index (χ1) is 19.0. The predicted octanol–water partition coefficient (Wildman–Crippen LogP) is 4.00. The van der Waals surface area contributed by atoms with Crippen molar-refractivity contribution >= 4 is 31.9 Å². The number of fused-ring (bicyclic) bond motifs is 1. The van der Waals surface area contributed by atoms with Gasteiger partial charge < -0.3 is 19.5 Å². The maximum Gasteiger partial charge on any atom is 0.418 e. The molecule has 12 heteroatoms. The molecule has 0 atom stereocenters. The Morgan fingerprint density at radius 1 is 1.00 bits per heavy atom. The number of halogens is 3. The minimum atomic E-state index is -5.07. The first-order valence-electron chi connectivity index (χ1n) is 13.2. The molecule has 3 rings (SSSR count). The molecule has 1 N–H and O–H groups in total. The van der Waals surface area contributed by atoms with Gasteiger partial charge in [-0.1, -0.05) is 18.2 Å². The standard InChI is InChI=1S/C28H36F3N3O5S/c1-21(2)33-8-10-34(11-9-33)25-7-6-22-18-24(5-4-23(22)19-25)27(28(29,30)31)26(20-32)40(36,37)17-3-13-38-15-16-39-14-12-35/h4-7,18-19,21,35H,3,8-17H2,1-2H3/b27-26-. The van der Waals surface area contributed by atoms with Crippen molar-refractivity contribution in [1.82, 2.24) is 4.90 Å². The average Bonchev–Trinajstić information content (AvgIpc) is 2.91. The number of aliphatic hydroxyl groups is 1. The van der Waals surface area contributed by atoms with Crippen molar-refractivity contribution in [3.05, 3.63) is 46.9 Å². The second-order valence-corrected chi connectivity index (χ2v) is 11.8. The lowest BCUT2D eigenvalue weighted by atomic mass is 10.00. The number of alkyl halides is 3. The molecule has 2 aromatic carbocycles. The van der Waals surface area contributed by atoms with Crippen LogP contribution in [0.5, 0.6) is 0 Å². The topological polar surface area (TPSA) is 103 Å². The number of rotatable bonds is 13. The largest absolute Gasteiger partial charge is 0.418 e. The van der Waals surface area contributed by atoms with Crippen LogP contribution in [-0.4, -0.2) is 95.6 Å². The SMILES string of the molecule is CC(C)N1CCN(c2ccc3cc(/C(=C(\C#N)S(=O)(=O)CCCOCCOCCO)C(F)(F)F)ccc3c2)CC1. The van der Waals surface area contributed by atoms with E-state index in [-0.39, 0.29) is 45.0 Å². The Labute approximate surface area is 233 Å². The van der Waals surface area contributed by atoms with E-state index in [0.717, 1.165) is 37.3 Å². The van der Waals surface area contributed by atoms with E-state index in [4.69, 9.17) is 14.6 Å². The molecule has 1 heterocycles. The van der Waals surface area contributed by atoms with Gasteiger partial charge in [-0.05, 0) is 54.8 Å². The molecular weight excluding hydrogens is 547 g/mol. The molecule has 8 nitrogen and oxygen atoms in total. The molecule has 1 fully saturated rings. The van der Waals surface area contributed by atoms with Gasteiger partial charge in [0, 0.05) is 44.5 Å². The number of sulfone groups is 1. The minimum absolute atomic E-state index is 0.0351. The predicted molar refractivity (Wildman–Crippen MR) is 149 cm³/mol. The quantitative estimate of drug-likeness (QED) is 0.279. The number of ether oxygens (including phenoxy) is 2. The highest BCUT2D eigenvalue weighted by Gasteiger charge is 2.41. The highest BCUT2D eigenvalue weighted by Crippen LogP contribution is 2.39. The highest BCUT2D eigenvalue weighted by molar-refractivity contribution is 7.95. The Morgan fingerprint density at radius 2 is 1.62 bits per heavy atom. The van der Waals surface area contributed by atoms with Crippen LogP contribution < -0.4 is 4.90 Å². The fraction of sp³-hybridized carbons (Fsp3) is 0.536. The molecule has 0 amide bonds. The fourth-order valence-electron chi connectivity index (χ4n) is 4.63. The highest BCUT2D eigenvalue weighted by atomic mass is 32.2. The van der Waals surface area contributed by atoms with Gasteiger partial charge in [-0.2, -0.15) is 18.4 Å². The lowest BCUT2D eigenvalue weighted by Crippen LogP contribution is -2.48. The number of anilines is 1. The first-order valence-corrected chi connectivity index (χ1v) is 14.9. The third kappa shape index (κ3) is 8.41. The number of hydrogen-bond donors (Lipinski definition) is 1. The van der Waals surface area contributed by atoms with Gasteiger partial charge in [0.1, 0.15) is 6.07 Å². The van der Waals surface area contributed by atoms with Crippen molar-refractivity contribution < 1.29 is 36.2 Å². The van der Waals surface area contributed by atoms with E-state index in [1.54, 1.807) is 6.07 Å². The maximum absolute atomic E-state index is 14.2. The molecule has 0 spiro atoms. The number of aliphatic hydroxyl groups excluding tert-OH is 1. The molecule has 0 aromatic heterocycles. The summed E-state index contributed by atoms with van der Waals surface area (Å²) in [5.74, 6) is -0.673. The second-order valence-electron chi connectivity index (χ2n) is 9.80. The van der Waals surface area contributed by atoms with Crippen LogP contribution in [0.2, 0.25) is 0 Å². The molecule has 40 heavy (non-hydrogen) atoms. The molecule has 0 bridgehead atoms. The molecule has 0 aliphatic carbocycles. The lowest BCUT2D eigenvalue weighted by molar-refractivity contribution is -0.0690. The molecule has 1 aliphatic rings. The smallest absolute Gasteiger partial charge is 0.394 e. The maximum atomic E-state index is 14.2. The fourth-order valence-corrected chi connectivity index (χ4v) is 6.01. The van der Waals surface area contributed by atoms with E-state index in [1.165, 1.54) is 24.3 Å². The van der Waals surface area contributed by atoms with Gasteiger partial charge in [0.25, 0.3) is 0 Å². The zero-order valence-corrected chi connectivity index (χ0v) is 23.6. The summed E-state index contributed by atoms with van der Waals surface area (Å²) in [5, 5.41) is 19.4. The molecule has 0 radical (unpaired) electrons. The molecule has 1 saturated heterocycles. The molecule has 0 saturated carbocycles. The molecule has 220 valence electrons. The van der Waals surface area contributed by atoms with Crippen LogP contribution in [0, 0.1) is 11.3 Å². The first kappa shape index (κ1) is 31.8. The summed E-state index contributed by atoms with van der Waals surface area (Å²) >= 11 is 0. The number of hydrogen-bond acceptors (Lipinski definition) is 8. The van der Waals surface area contributed by atoms with Crippen LogP contribution in [-0.2, 0) is 19.3 Å². The normalized spacial score (nSPS) is 15.9. The van der Waals surface area contributed by atoms with E-state index in [0.29, 0.717) is 11.4 Å². The third-order valence-corrected chi connectivity index (χ3v) is 8.50. The van der Waals surface area contributed by atoms with Crippen molar-refractivity contribution in [3.8, 4) is 6.07 Å². The number of allylic oxidation sites excluding steroid dienone is 2. The van der Waals surface area contributed by atoms with Crippen molar-refractivity contribution in [2.45, 2.75) is 32.5 Å². The number of benzene rings is 2. The molecule has 1 aliphatic heterocycles. The third-order valence-electron chi connectivity index (χ3n) is 6.75. The zero-order valence-electron chi connectivity index (χ0n) is 22.8. The average molecular weight is 584 g/mol. The summed E-state index contributed by atoms with van der Waals surface area (Å²) in [6.07, 6.45) is -5.16. The van der Waals surface area contributed by atoms with E-state index < -0.39 is 32.2 Å². The van der Waals surface area contributed by atoms with Gasteiger partial charge in [0.05, 0.1) is 37.8 Å². The molecule has 0 unspecified atom stereocenters. The van der Waals surface area contributed by atoms with E-state index >= 15 is 0 Å². The Bertz CT molecular complexity index is 1310. The molecular formula is C28H36F3N3O5S. The zero-order chi connectivity index (χ0) is 29.3. The Kier molecular flexibility index (Phi) is 11.4. The Hall–Kier alpha value is -2.69. The Balaban J connectivity index is 1.81. The van der Waals surface area contributed by atoms with E-state index in [2.05, 4.69) is 23.6 Å². The number of nitrogens with zero attached hydrogens (tertiary/aromatic N) is 3. The van der Waals surface area contributed by atoms with Crippen LogP contribution in [0.4, 0.5) is 18.9 Å².